The zero-order chi connectivity index (χ0) is 12.3. The van der Waals surface area contributed by atoms with Crippen LogP contribution in [-0.2, 0) is 4.79 Å². The molecule has 0 saturated carbocycles. The van der Waals surface area contributed by atoms with Crippen molar-refractivity contribution >= 4 is 6.29 Å². The van der Waals surface area contributed by atoms with Gasteiger partial charge in [0.1, 0.15) is 6.29 Å². The summed E-state index contributed by atoms with van der Waals surface area (Å²) in [6.45, 7) is 5.55. The molecule has 0 aromatic heterocycles. The minimum atomic E-state index is -0.834. The average molecular weight is 226 g/mol. The fourth-order valence-corrected chi connectivity index (χ4v) is 1.60. The Morgan fingerprint density at radius 3 is 2.38 bits per heavy atom. The molecule has 0 aliphatic rings. The summed E-state index contributed by atoms with van der Waals surface area (Å²) in [6, 6.07) is 2.87. The van der Waals surface area contributed by atoms with Crippen LogP contribution in [0.5, 0.6) is 0 Å². The Morgan fingerprint density at radius 1 is 1.25 bits per heavy atom. The van der Waals surface area contributed by atoms with Gasteiger partial charge in [-0.1, -0.05) is 26.8 Å². The van der Waals surface area contributed by atoms with Gasteiger partial charge in [0.25, 0.3) is 0 Å². The molecule has 0 amide bonds. The van der Waals surface area contributed by atoms with Crippen LogP contribution < -0.4 is 0 Å². The monoisotopic (exact) mass is 226 g/mol. The van der Waals surface area contributed by atoms with Gasteiger partial charge in [-0.15, -0.1) is 0 Å². The van der Waals surface area contributed by atoms with E-state index in [4.69, 9.17) is 0 Å². The first-order chi connectivity index (χ1) is 7.47. The lowest BCUT2D eigenvalue weighted by atomic mass is 9.92. The van der Waals surface area contributed by atoms with Crippen LogP contribution in [-0.4, -0.2) is 6.29 Å². The summed E-state index contributed by atoms with van der Waals surface area (Å²) in [5, 5.41) is 0. The number of hydrogen-bond donors (Lipinski definition) is 0. The summed E-state index contributed by atoms with van der Waals surface area (Å²) >= 11 is 0. The van der Waals surface area contributed by atoms with E-state index in [0.29, 0.717) is 0 Å². The van der Waals surface area contributed by atoms with E-state index in [1.807, 2.05) is 13.8 Å². The maximum atomic E-state index is 13.5. The van der Waals surface area contributed by atoms with Crippen LogP contribution in [0.15, 0.2) is 12.1 Å². The molecular weight excluding hydrogens is 210 g/mol. The second-order valence-corrected chi connectivity index (χ2v) is 4.36. The molecule has 1 rings (SSSR count). The van der Waals surface area contributed by atoms with Crippen LogP contribution in [0.2, 0.25) is 0 Å². The van der Waals surface area contributed by atoms with E-state index >= 15 is 0 Å². The smallest absolute Gasteiger partial charge is 0.162 e. The highest BCUT2D eigenvalue weighted by molar-refractivity contribution is 5.51. The molecule has 1 aromatic rings. The maximum absolute atomic E-state index is 13.5. The normalized spacial score (nSPS) is 12.9. The van der Waals surface area contributed by atoms with Crippen molar-refractivity contribution in [2.45, 2.75) is 39.0 Å². The first-order valence-electron chi connectivity index (χ1n) is 5.39. The van der Waals surface area contributed by atoms with Gasteiger partial charge in [0.15, 0.2) is 11.6 Å². The molecule has 0 aliphatic heterocycles. The molecule has 88 valence electrons. The molecular formula is C13H16F2O. The van der Waals surface area contributed by atoms with Crippen molar-refractivity contribution in [3.05, 3.63) is 34.9 Å². The van der Waals surface area contributed by atoms with Gasteiger partial charge < -0.3 is 4.79 Å². The lowest BCUT2D eigenvalue weighted by Gasteiger charge is -2.14. The fourth-order valence-electron chi connectivity index (χ4n) is 1.60. The molecule has 0 bridgehead atoms. The molecule has 1 unspecified atom stereocenters. The lowest BCUT2D eigenvalue weighted by molar-refractivity contribution is -0.108. The Kier molecular flexibility index (Phi) is 4.16. The van der Waals surface area contributed by atoms with Gasteiger partial charge in [-0.3, -0.25) is 0 Å². The molecule has 0 N–H and O–H groups in total. The number of benzene rings is 1. The summed E-state index contributed by atoms with van der Waals surface area (Å²) in [5.74, 6) is -1.82. The van der Waals surface area contributed by atoms with E-state index in [1.54, 1.807) is 13.0 Å². The van der Waals surface area contributed by atoms with E-state index in [9.17, 15) is 13.6 Å². The zero-order valence-electron chi connectivity index (χ0n) is 9.76. The van der Waals surface area contributed by atoms with Gasteiger partial charge in [-0.25, -0.2) is 8.78 Å². The van der Waals surface area contributed by atoms with Gasteiger partial charge in [-0.2, -0.15) is 0 Å². The Hall–Kier alpha value is -1.25. The van der Waals surface area contributed by atoms with E-state index in [1.165, 1.54) is 6.07 Å². The van der Waals surface area contributed by atoms with Gasteiger partial charge in [0, 0.05) is 6.42 Å². The summed E-state index contributed by atoms with van der Waals surface area (Å²) in [7, 11) is 0. The number of halogens is 2. The molecule has 16 heavy (non-hydrogen) atoms. The highest BCUT2D eigenvalue weighted by atomic mass is 19.2. The van der Waals surface area contributed by atoms with Crippen LogP contribution in [0, 0.1) is 11.6 Å². The Balaban J connectivity index is 3.20. The van der Waals surface area contributed by atoms with Crippen LogP contribution in [0.3, 0.4) is 0 Å². The van der Waals surface area contributed by atoms with Crippen LogP contribution >= 0.6 is 0 Å². The second kappa shape index (κ2) is 5.19. The first-order valence-corrected chi connectivity index (χ1v) is 5.39. The molecule has 1 aromatic carbocycles. The molecule has 1 nitrogen and oxygen atoms in total. The third-order valence-electron chi connectivity index (χ3n) is 2.73. The Labute approximate surface area is 94.5 Å². The molecule has 0 radical (unpaired) electrons. The summed E-state index contributed by atoms with van der Waals surface area (Å²) < 4.78 is 26.9. The molecule has 0 heterocycles. The van der Waals surface area contributed by atoms with Gasteiger partial charge in [-0.05, 0) is 29.0 Å². The third kappa shape index (κ3) is 2.65. The number of aldehydes is 1. The molecule has 3 heteroatoms. The van der Waals surface area contributed by atoms with Crippen LogP contribution in [0.1, 0.15) is 50.2 Å². The molecule has 0 saturated heterocycles. The largest absolute Gasteiger partial charge is 0.303 e. The average Bonchev–Trinajstić information content (AvgIpc) is 2.21. The van der Waals surface area contributed by atoms with Crippen molar-refractivity contribution in [3.63, 3.8) is 0 Å². The highest BCUT2D eigenvalue weighted by Crippen LogP contribution is 2.27. The van der Waals surface area contributed by atoms with Crippen molar-refractivity contribution in [2.24, 2.45) is 0 Å². The fraction of sp³-hybridized carbons (Fsp3) is 0.462. The first kappa shape index (κ1) is 12.8. The number of rotatable bonds is 4. The number of carbonyl (C=O) groups excluding carboxylic acids is 1. The molecule has 0 aliphatic carbocycles. The van der Waals surface area contributed by atoms with Crippen molar-refractivity contribution < 1.29 is 13.6 Å². The SMILES string of the molecule is CC(C)c1cc(F)c(F)c(C(C)CC=O)c1. The van der Waals surface area contributed by atoms with E-state index in [-0.39, 0.29) is 23.8 Å². The van der Waals surface area contributed by atoms with E-state index in [0.717, 1.165) is 11.8 Å². The predicted octanol–water partition coefficient (Wildman–Crippen LogP) is 3.78. The van der Waals surface area contributed by atoms with E-state index < -0.39 is 11.6 Å². The summed E-state index contributed by atoms with van der Waals surface area (Å²) in [4.78, 5) is 10.4. The number of hydrogen-bond acceptors (Lipinski definition) is 1. The summed E-state index contributed by atoms with van der Waals surface area (Å²) in [6.07, 6.45) is 0.933. The topological polar surface area (TPSA) is 17.1 Å². The van der Waals surface area contributed by atoms with Gasteiger partial charge in [0.2, 0.25) is 0 Å². The van der Waals surface area contributed by atoms with Gasteiger partial charge >= 0.3 is 0 Å². The summed E-state index contributed by atoms with van der Waals surface area (Å²) in [5.41, 5.74) is 1.04. The lowest BCUT2D eigenvalue weighted by Crippen LogP contribution is -2.03. The number of carbonyl (C=O) groups is 1. The maximum Gasteiger partial charge on any atom is 0.162 e. The standard InChI is InChI=1S/C13H16F2O/c1-8(2)10-6-11(9(3)4-5-16)13(15)12(14)7-10/h5-9H,4H2,1-3H3. The molecule has 0 spiro atoms. The molecule has 1 atom stereocenters. The Bertz CT molecular complexity index is 386. The predicted molar refractivity (Wildman–Crippen MR) is 59.5 cm³/mol. The third-order valence-corrected chi connectivity index (χ3v) is 2.73. The van der Waals surface area contributed by atoms with Gasteiger partial charge in [0.05, 0.1) is 0 Å². The van der Waals surface area contributed by atoms with Crippen LogP contribution in [0.25, 0.3) is 0 Å². The van der Waals surface area contributed by atoms with Crippen molar-refractivity contribution in [1.29, 1.82) is 0 Å². The quantitative estimate of drug-likeness (QED) is 0.714. The second-order valence-electron chi connectivity index (χ2n) is 4.36. The van der Waals surface area contributed by atoms with Crippen molar-refractivity contribution in [3.8, 4) is 0 Å². The minimum Gasteiger partial charge on any atom is -0.303 e. The van der Waals surface area contributed by atoms with Crippen molar-refractivity contribution in [2.75, 3.05) is 0 Å². The van der Waals surface area contributed by atoms with Crippen molar-refractivity contribution in [1.82, 2.24) is 0 Å². The van der Waals surface area contributed by atoms with Crippen LogP contribution in [0.4, 0.5) is 8.78 Å². The minimum absolute atomic E-state index is 0.136. The molecule has 0 fully saturated rings. The van der Waals surface area contributed by atoms with E-state index in [2.05, 4.69) is 0 Å². The Morgan fingerprint density at radius 2 is 1.88 bits per heavy atom. The highest BCUT2D eigenvalue weighted by Gasteiger charge is 2.17. The zero-order valence-corrected chi connectivity index (χ0v) is 9.76.